The number of pyridine rings is 1. The second kappa shape index (κ2) is 9.12. The van der Waals surface area contributed by atoms with E-state index in [-0.39, 0.29) is 11.0 Å². The van der Waals surface area contributed by atoms with Crippen LogP contribution in [0.2, 0.25) is 0 Å². The fourth-order valence-electron chi connectivity index (χ4n) is 2.61. The highest BCUT2D eigenvalue weighted by atomic mass is 32.2. The number of benzene rings is 1. The first-order valence-electron chi connectivity index (χ1n) is 8.55. The van der Waals surface area contributed by atoms with Crippen molar-refractivity contribution in [3.8, 4) is 17.2 Å². The van der Waals surface area contributed by atoms with Gasteiger partial charge in [-0.3, -0.25) is 8.96 Å². The van der Waals surface area contributed by atoms with E-state index in [1.807, 2.05) is 0 Å². The molecule has 0 atom stereocenters. The molecule has 0 N–H and O–H groups in total. The number of rotatable bonds is 9. The third-order valence-corrected chi connectivity index (χ3v) is 5.09. The fraction of sp³-hybridized carbons (Fsp3) is 0.333. The lowest BCUT2D eigenvalue weighted by Crippen LogP contribution is -2.33. The number of ether oxygens (including phenoxy) is 3. The second-order valence-electron chi connectivity index (χ2n) is 6.06. The molecule has 3 aromatic rings. The molecule has 0 fully saturated rings. The average Bonchev–Trinajstić information content (AvgIpc) is 3.08. The van der Waals surface area contributed by atoms with Gasteiger partial charge >= 0.3 is 19.1 Å². The summed E-state index contributed by atoms with van der Waals surface area (Å²) in [6, 6.07) is 3.48. The summed E-state index contributed by atoms with van der Waals surface area (Å²) in [5.41, 5.74) is 1.72. The van der Waals surface area contributed by atoms with Gasteiger partial charge in [-0.25, -0.2) is 4.98 Å². The van der Waals surface area contributed by atoms with Crippen LogP contribution in [0.3, 0.4) is 0 Å². The molecular formula is C18H15F6N3O3S. The van der Waals surface area contributed by atoms with Crippen molar-refractivity contribution in [2.24, 2.45) is 0 Å². The second-order valence-corrected chi connectivity index (χ2v) is 7.00. The zero-order valence-electron chi connectivity index (χ0n) is 16.0. The first kappa shape index (κ1) is 22.8. The van der Waals surface area contributed by atoms with E-state index < -0.39 is 30.6 Å². The Morgan fingerprint density at radius 2 is 1.84 bits per heavy atom. The molecule has 13 heteroatoms. The summed E-state index contributed by atoms with van der Waals surface area (Å²) in [6.45, 7) is -1.58. The highest BCUT2D eigenvalue weighted by molar-refractivity contribution is 7.97. The summed E-state index contributed by atoms with van der Waals surface area (Å²) in [5.74, 6) is -0.882. The lowest BCUT2D eigenvalue weighted by molar-refractivity contribution is -0.254. The Morgan fingerprint density at radius 1 is 1.10 bits per heavy atom. The van der Waals surface area contributed by atoms with Crippen LogP contribution >= 0.6 is 11.9 Å². The number of methoxy groups -OCH3 is 1. The van der Waals surface area contributed by atoms with E-state index in [1.54, 1.807) is 19.2 Å². The number of alkyl halides is 6. The first-order valence-corrected chi connectivity index (χ1v) is 9.49. The van der Waals surface area contributed by atoms with E-state index in [9.17, 15) is 26.3 Å². The van der Waals surface area contributed by atoms with Crippen LogP contribution in [0.5, 0.6) is 17.2 Å². The monoisotopic (exact) mass is 467 g/mol. The summed E-state index contributed by atoms with van der Waals surface area (Å²) in [4.78, 5) is 8.26. The van der Waals surface area contributed by atoms with Crippen molar-refractivity contribution in [2.75, 3.05) is 7.11 Å². The van der Waals surface area contributed by atoms with Crippen molar-refractivity contribution in [1.82, 2.24) is 13.9 Å². The van der Waals surface area contributed by atoms with Crippen molar-refractivity contribution in [2.45, 2.75) is 31.8 Å². The Bertz CT molecular complexity index is 1060. The molecule has 0 aliphatic heterocycles. The van der Waals surface area contributed by atoms with Gasteiger partial charge in [0, 0.05) is 23.9 Å². The molecule has 0 aliphatic carbocycles. The Hall–Kier alpha value is -2.83. The van der Waals surface area contributed by atoms with Crippen LogP contribution in [0, 0.1) is 6.92 Å². The van der Waals surface area contributed by atoms with E-state index in [2.05, 4.69) is 19.4 Å². The topological polar surface area (TPSA) is 58.4 Å². The largest absolute Gasteiger partial charge is 0.496 e. The van der Waals surface area contributed by atoms with Crippen LogP contribution in [0.4, 0.5) is 26.3 Å². The number of nitrogens with zero attached hydrogens (tertiary/aromatic N) is 3. The van der Waals surface area contributed by atoms with Crippen LogP contribution in [0.1, 0.15) is 11.3 Å². The number of fused-ring (bicyclic) bond motifs is 1. The van der Waals surface area contributed by atoms with Gasteiger partial charge < -0.3 is 14.2 Å². The van der Waals surface area contributed by atoms with E-state index >= 15 is 0 Å². The summed E-state index contributed by atoms with van der Waals surface area (Å²) in [7, 11) is 1.51. The normalized spacial score (nSPS) is 12.1. The summed E-state index contributed by atoms with van der Waals surface area (Å²) < 4.78 is 92.0. The average molecular weight is 467 g/mol. The minimum absolute atomic E-state index is 0.103. The Labute approximate surface area is 176 Å². The molecule has 6 nitrogen and oxygen atoms in total. The highest BCUT2D eigenvalue weighted by Gasteiger charge is 2.44. The lowest BCUT2D eigenvalue weighted by atomic mass is 10.2. The molecule has 168 valence electrons. The highest BCUT2D eigenvalue weighted by Crippen LogP contribution is 2.39. The van der Waals surface area contributed by atoms with Gasteiger partial charge in [0.05, 0.1) is 29.6 Å². The first-order chi connectivity index (χ1) is 14.6. The quantitative estimate of drug-likeness (QED) is 0.399. The zero-order chi connectivity index (χ0) is 22.8. The van der Waals surface area contributed by atoms with Gasteiger partial charge in [0.15, 0.2) is 11.5 Å². The predicted octanol–water partition coefficient (Wildman–Crippen LogP) is 5.28. The Kier molecular flexibility index (Phi) is 6.72. The molecule has 0 bridgehead atoms. The zero-order valence-corrected chi connectivity index (χ0v) is 16.8. The van der Waals surface area contributed by atoms with E-state index in [1.165, 1.54) is 17.4 Å². The van der Waals surface area contributed by atoms with Crippen LogP contribution in [0.15, 0.2) is 30.7 Å². The maximum atomic E-state index is 13.4. The maximum Gasteiger partial charge on any atom is 0.461 e. The van der Waals surface area contributed by atoms with Crippen LogP contribution in [0.25, 0.3) is 11.0 Å². The third kappa shape index (κ3) is 5.09. The Balaban J connectivity index is 1.94. The van der Waals surface area contributed by atoms with Crippen LogP contribution < -0.4 is 14.2 Å². The van der Waals surface area contributed by atoms with Crippen molar-refractivity contribution in [1.29, 1.82) is 0 Å². The van der Waals surface area contributed by atoms with Crippen LogP contribution in [-0.4, -0.2) is 40.2 Å². The number of imidazole rings is 1. The van der Waals surface area contributed by atoms with Gasteiger partial charge in [-0.15, -0.1) is 0 Å². The molecule has 0 saturated heterocycles. The van der Waals surface area contributed by atoms with Crippen molar-refractivity contribution in [3.05, 3.63) is 42.0 Å². The minimum Gasteiger partial charge on any atom is -0.496 e. The molecular weight excluding hydrogens is 452 g/mol. The van der Waals surface area contributed by atoms with Gasteiger partial charge in [0.2, 0.25) is 0 Å². The molecule has 0 radical (unpaired) electrons. The molecule has 2 heterocycles. The number of aromatic nitrogens is 3. The van der Waals surface area contributed by atoms with Crippen molar-refractivity contribution < 1.29 is 40.6 Å². The van der Waals surface area contributed by atoms with Crippen molar-refractivity contribution >= 4 is 23.0 Å². The van der Waals surface area contributed by atoms with Gasteiger partial charge in [-0.05, 0) is 24.9 Å². The SMILES string of the molecule is COc1ccnc(CSn2cnc3cc(OC(F)F)c(OC(F)(F)C(F)F)cc32)c1C. The maximum absolute atomic E-state index is 13.4. The minimum atomic E-state index is -4.91. The summed E-state index contributed by atoms with van der Waals surface area (Å²) in [5, 5.41) is 0. The van der Waals surface area contributed by atoms with Gasteiger partial charge in [-0.2, -0.15) is 26.3 Å². The molecule has 1 aromatic carbocycles. The van der Waals surface area contributed by atoms with Gasteiger partial charge in [0.25, 0.3) is 0 Å². The third-order valence-electron chi connectivity index (χ3n) is 4.12. The molecule has 2 aromatic heterocycles. The molecule has 0 unspecified atom stereocenters. The number of hydrogen-bond acceptors (Lipinski definition) is 6. The fourth-order valence-corrected chi connectivity index (χ4v) is 3.56. The molecule has 0 amide bonds. The number of hydrogen-bond donors (Lipinski definition) is 0. The van der Waals surface area contributed by atoms with Gasteiger partial charge in [-0.1, -0.05) is 0 Å². The molecule has 0 aliphatic rings. The summed E-state index contributed by atoms with van der Waals surface area (Å²) >= 11 is 1.15. The van der Waals surface area contributed by atoms with Crippen molar-refractivity contribution in [3.63, 3.8) is 0 Å². The van der Waals surface area contributed by atoms with E-state index in [0.717, 1.165) is 29.6 Å². The Morgan fingerprint density at radius 3 is 2.48 bits per heavy atom. The van der Waals surface area contributed by atoms with E-state index in [0.29, 0.717) is 17.2 Å². The number of halogens is 6. The summed E-state index contributed by atoms with van der Waals surface area (Å²) in [6.07, 6.45) is -6.22. The smallest absolute Gasteiger partial charge is 0.461 e. The lowest BCUT2D eigenvalue weighted by Gasteiger charge is -2.19. The molecule has 0 saturated carbocycles. The van der Waals surface area contributed by atoms with Gasteiger partial charge in [0.1, 0.15) is 12.1 Å². The van der Waals surface area contributed by atoms with Crippen LogP contribution in [-0.2, 0) is 5.75 Å². The molecule has 3 rings (SSSR count). The molecule has 0 spiro atoms. The van der Waals surface area contributed by atoms with E-state index in [4.69, 9.17) is 4.74 Å². The standard InChI is InChI=1S/C18H15F6N3O3S/c1-9-11(25-4-3-13(9)28-2)7-31-27-8-26-10-5-14(29-17(21)22)15(6-12(10)27)30-18(23,24)16(19)20/h3-6,8,16-17H,7H2,1-2H3. The predicted molar refractivity (Wildman–Crippen MR) is 100 cm³/mol. The molecule has 31 heavy (non-hydrogen) atoms.